The Morgan fingerprint density at radius 3 is 2.75 bits per heavy atom. The number of aromatic nitrogens is 2. The van der Waals surface area contributed by atoms with Gasteiger partial charge in [-0.2, -0.15) is 5.10 Å². The lowest BCUT2D eigenvalue weighted by Crippen LogP contribution is -2.37. The standard InChI is InChI=1S/C17H19ClN4O2/c18-13-5-3-4-12(8-13)17(6-1-2-7-17)16(24)21-14-9-20-22(10-14)11-15(19)23/h3-5,8-10H,1-2,6-7,11H2,(H2,19,23)(H,21,24). The van der Waals surface area contributed by atoms with Crippen LogP contribution in [-0.4, -0.2) is 21.6 Å². The van der Waals surface area contributed by atoms with Gasteiger partial charge in [-0.25, -0.2) is 0 Å². The van der Waals surface area contributed by atoms with Crippen molar-refractivity contribution in [2.75, 3.05) is 5.32 Å². The van der Waals surface area contributed by atoms with Crippen LogP contribution in [0.2, 0.25) is 5.02 Å². The van der Waals surface area contributed by atoms with Gasteiger partial charge in [0.2, 0.25) is 11.8 Å². The van der Waals surface area contributed by atoms with Crippen LogP contribution in [0.1, 0.15) is 31.2 Å². The van der Waals surface area contributed by atoms with Crippen LogP contribution in [0.4, 0.5) is 5.69 Å². The number of nitrogens with two attached hydrogens (primary N) is 1. The van der Waals surface area contributed by atoms with E-state index in [1.165, 1.54) is 10.9 Å². The van der Waals surface area contributed by atoms with Crippen LogP contribution in [0.25, 0.3) is 0 Å². The summed E-state index contributed by atoms with van der Waals surface area (Å²) in [4.78, 5) is 23.9. The molecule has 0 atom stereocenters. The zero-order chi connectivity index (χ0) is 17.2. The molecular formula is C17H19ClN4O2. The van der Waals surface area contributed by atoms with Gasteiger partial charge in [0, 0.05) is 11.2 Å². The number of benzene rings is 1. The van der Waals surface area contributed by atoms with E-state index in [2.05, 4.69) is 10.4 Å². The second-order valence-corrected chi connectivity index (χ2v) is 6.58. The third-order valence-electron chi connectivity index (χ3n) is 4.48. The highest BCUT2D eigenvalue weighted by Crippen LogP contribution is 2.42. The van der Waals surface area contributed by atoms with E-state index in [1.807, 2.05) is 18.2 Å². The molecule has 1 aliphatic rings. The van der Waals surface area contributed by atoms with Gasteiger partial charge in [0.15, 0.2) is 0 Å². The molecule has 0 spiro atoms. The normalized spacial score (nSPS) is 16.0. The number of nitrogens with zero attached hydrogens (tertiary/aromatic N) is 2. The summed E-state index contributed by atoms with van der Waals surface area (Å²) in [6.07, 6.45) is 6.69. The Balaban J connectivity index is 1.83. The zero-order valence-corrected chi connectivity index (χ0v) is 13.9. The van der Waals surface area contributed by atoms with E-state index in [1.54, 1.807) is 12.3 Å². The van der Waals surface area contributed by atoms with Crippen LogP contribution in [0.15, 0.2) is 36.7 Å². The van der Waals surface area contributed by atoms with Gasteiger partial charge in [-0.05, 0) is 30.5 Å². The van der Waals surface area contributed by atoms with E-state index in [0.29, 0.717) is 10.7 Å². The fraction of sp³-hybridized carbons (Fsp3) is 0.353. The van der Waals surface area contributed by atoms with Crippen LogP contribution in [0.5, 0.6) is 0 Å². The van der Waals surface area contributed by atoms with Gasteiger partial charge >= 0.3 is 0 Å². The van der Waals surface area contributed by atoms with Crippen molar-refractivity contribution in [1.82, 2.24) is 9.78 Å². The number of hydrogen-bond acceptors (Lipinski definition) is 3. The van der Waals surface area contributed by atoms with E-state index in [-0.39, 0.29) is 12.5 Å². The monoisotopic (exact) mass is 346 g/mol. The maximum atomic E-state index is 13.0. The number of amides is 2. The molecule has 1 aliphatic carbocycles. The van der Waals surface area contributed by atoms with Crippen molar-refractivity contribution >= 4 is 29.1 Å². The number of anilines is 1. The molecule has 3 N–H and O–H groups in total. The highest BCUT2D eigenvalue weighted by atomic mass is 35.5. The number of primary amides is 1. The Morgan fingerprint density at radius 1 is 1.33 bits per heavy atom. The number of carbonyl (C=O) groups is 2. The van der Waals surface area contributed by atoms with E-state index >= 15 is 0 Å². The van der Waals surface area contributed by atoms with Crippen molar-refractivity contribution in [3.8, 4) is 0 Å². The van der Waals surface area contributed by atoms with E-state index in [9.17, 15) is 9.59 Å². The predicted octanol–water partition coefficient (Wildman–Crippen LogP) is 2.47. The molecule has 1 aromatic carbocycles. The van der Waals surface area contributed by atoms with Crippen LogP contribution in [0.3, 0.4) is 0 Å². The zero-order valence-electron chi connectivity index (χ0n) is 13.2. The van der Waals surface area contributed by atoms with Crippen molar-refractivity contribution in [2.45, 2.75) is 37.6 Å². The maximum absolute atomic E-state index is 13.0. The summed E-state index contributed by atoms with van der Waals surface area (Å²) in [7, 11) is 0. The number of hydrogen-bond donors (Lipinski definition) is 2. The number of carbonyl (C=O) groups excluding carboxylic acids is 2. The minimum Gasteiger partial charge on any atom is -0.368 e. The molecule has 6 nitrogen and oxygen atoms in total. The highest BCUT2D eigenvalue weighted by Gasteiger charge is 2.42. The molecule has 1 heterocycles. The Hall–Kier alpha value is -2.34. The largest absolute Gasteiger partial charge is 0.368 e. The summed E-state index contributed by atoms with van der Waals surface area (Å²) >= 11 is 6.11. The van der Waals surface area contributed by atoms with Crippen molar-refractivity contribution in [3.05, 3.63) is 47.2 Å². The fourth-order valence-corrected chi connectivity index (χ4v) is 3.53. The Bertz CT molecular complexity index is 765. The van der Waals surface area contributed by atoms with Gasteiger partial charge in [-0.3, -0.25) is 14.3 Å². The molecule has 0 radical (unpaired) electrons. The van der Waals surface area contributed by atoms with E-state index in [0.717, 1.165) is 31.2 Å². The van der Waals surface area contributed by atoms with Gasteiger partial charge in [0.05, 0.1) is 17.3 Å². The summed E-state index contributed by atoms with van der Waals surface area (Å²) in [5.41, 5.74) is 6.06. The van der Waals surface area contributed by atoms with Gasteiger partial charge in [-0.1, -0.05) is 36.6 Å². The SMILES string of the molecule is NC(=O)Cn1cc(NC(=O)C2(c3cccc(Cl)c3)CCCC2)cn1. The molecule has 1 saturated carbocycles. The van der Waals surface area contributed by atoms with Gasteiger partial charge < -0.3 is 11.1 Å². The third kappa shape index (κ3) is 3.28. The molecule has 0 aliphatic heterocycles. The molecule has 0 bridgehead atoms. The van der Waals surface area contributed by atoms with Crippen LogP contribution in [0, 0.1) is 0 Å². The summed E-state index contributed by atoms with van der Waals surface area (Å²) in [5.74, 6) is -0.553. The minimum absolute atomic E-state index is 0.0185. The predicted molar refractivity (Wildman–Crippen MR) is 91.6 cm³/mol. The second-order valence-electron chi connectivity index (χ2n) is 6.15. The lowest BCUT2D eigenvalue weighted by Gasteiger charge is -2.28. The average molecular weight is 347 g/mol. The first-order valence-electron chi connectivity index (χ1n) is 7.88. The Labute approximate surface area is 145 Å². The number of rotatable bonds is 5. The lowest BCUT2D eigenvalue weighted by atomic mass is 9.78. The van der Waals surface area contributed by atoms with Crippen LogP contribution in [-0.2, 0) is 21.5 Å². The molecule has 0 unspecified atom stereocenters. The van der Waals surface area contributed by atoms with Crippen molar-refractivity contribution < 1.29 is 9.59 Å². The summed E-state index contributed by atoms with van der Waals surface area (Å²) < 4.78 is 1.40. The Kier molecular flexibility index (Phi) is 4.57. The van der Waals surface area contributed by atoms with Gasteiger partial charge in [0.25, 0.3) is 0 Å². The number of nitrogens with one attached hydrogen (secondary N) is 1. The third-order valence-corrected chi connectivity index (χ3v) is 4.71. The van der Waals surface area contributed by atoms with Gasteiger partial charge in [0.1, 0.15) is 6.54 Å². The molecule has 126 valence electrons. The van der Waals surface area contributed by atoms with Gasteiger partial charge in [-0.15, -0.1) is 0 Å². The lowest BCUT2D eigenvalue weighted by molar-refractivity contribution is -0.121. The molecule has 7 heteroatoms. The highest BCUT2D eigenvalue weighted by molar-refractivity contribution is 6.30. The van der Waals surface area contributed by atoms with E-state index in [4.69, 9.17) is 17.3 Å². The Morgan fingerprint density at radius 2 is 2.08 bits per heavy atom. The molecular weight excluding hydrogens is 328 g/mol. The molecule has 3 rings (SSSR count). The topological polar surface area (TPSA) is 90.0 Å². The summed E-state index contributed by atoms with van der Waals surface area (Å²) in [5, 5.41) is 7.57. The first-order chi connectivity index (χ1) is 11.5. The maximum Gasteiger partial charge on any atom is 0.239 e. The average Bonchev–Trinajstić information content (AvgIpc) is 3.17. The molecule has 24 heavy (non-hydrogen) atoms. The molecule has 0 saturated heterocycles. The number of halogens is 1. The summed E-state index contributed by atoms with van der Waals surface area (Å²) in [6.45, 7) is -0.0185. The molecule has 1 fully saturated rings. The minimum atomic E-state index is -0.573. The van der Waals surface area contributed by atoms with Crippen LogP contribution >= 0.6 is 11.6 Å². The fourth-order valence-electron chi connectivity index (χ4n) is 3.34. The van der Waals surface area contributed by atoms with E-state index < -0.39 is 11.3 Å². The smallest absolute Gasteiger partial charge is 0.239 e. The van der Waals surface area contributed by atoms with Crippen molar-refractivity contribution in [1.29, 1.82) is 0 Å². The quantitative estimate of drug-likeness (QED) is 0.871. The molecule has 1 aromatic heterocycles. The first kappa shape index (κ1) is 16.5. The van der Waals surface area contributed by atoms with Crippen molar-refractivity contribution in [2.24, 2.45) is 5.73 Å². The summed E-state index contributed by atoms with van der Waals surface area (Å²) in [6, 6.07) is 7.49. The second kappa shape index (κ2) is 6.65. The first-order valence-corrected chi connectivity index (χ1v) is 8.26. The molecule has 2 amide bonds. The van der Waals surface area contributed by atoms with Crippen molar-refractivity contribution in [3.63, 3.8) is 0 Å². The van der Waals surface area contributed by atoms with Crippen LogP contribution < -0.4 is 11.1 Å². The molecule has 2 aromatic rings.